The third kappa shape index (κ3) is 4.12. The highest BCUT2D eigenvalue weighted by Crippen LogP contribution is 2.54. The maximum atomic E-state index is 13.5. The molecule has 3 aliphatic heterocycles. The van der Waals surface area contributed by atoms with Crippen molar-refractivity contribution in [3.63, 3.8) is 0 Å². The first kappa shape index (κ1) is 25.8. The van der Waals surface area contributed by atoms with Gasteiger partial charge in [0.2, 0.25) is 5.72 Å². The Kier molecular flexibility index (Phi) is 6.12. The van der Waals surface area contributed by atoms with Gasteiger partial charge in [0.25, 0.3) is 0 Å². The molecule has 0 aliphatic carbocycles. The normalized spacial score (nSPS) is 22.3. The molecule has 7 rings (SSSR count). The molecule has 1 spiro atoms. The summed E-state index contributed by atoms with van der Waals surface area (Å²) in [4.78, 5) is 20.7. The first-order chi connectivity index (χ1) is 19.9. The smallest absolute Gasteiger partial charge is 0.228 e. The lowest BCUT2D eigenvalue weighted by atomic mass is 9.77. The zero-order valence-electron chi connectivity index (χ0n) is 23.7. The minimum absolute atomic E-state index is 0.0594. The fourth-order valence-electron chi connectivity index (χ4n) is 6.58. The van der Waals surface area contributed by atoms with Crippen molar-refractivity contribution in [2.24, 2.45) is 4.99 Å². The fourth-order valence-corrected chi connectivity index (χ4v) is 6.58. The van der Waals surface area contributed by atoms with Crippen LogP contribution in [-0.2, 0) is 16.6 Å². The van der Waals surface area contributed by atoms with Gasteiger partial charge < -0.3 is 19.1 Å². The van der Waals surface area contributed by atoms with Crippen molar-refractivity contribution in [2.75, 3.05) is 18.6 Å². The molecule has 6 nitrogen and oxygen atoms in total. The number of carbonyl (C=O) groups excluding carboxylic acids is 1. The molecule has 6 heteroatoms. The number of carbonyl (C=O) groups is 1. The van der Waals surface area contributed by atoms with Crippen LogP contribution in [0.25, 0.3) is 10.8 Å². The van der Waals surface area contributed by atoms with Crippen LogP contribution in [0.4, 0.5) is 11.4 Å². The molecule has 2 atom stereocenters. The fraction of sp³-hybridized carbons (Fsp3) is 0.314. The molecule has 1 fully saturated rings. The first-order valence-corrected chi connectivity index (χ1v) is 14.4. The zero-order valence-corrected chi connectivity index (χ0v) is 23.7. The van der Waals surface area contributed by atoms with Gasteiger partial charge in [0, 0.05) is 36.5 Å². The summed E-state index contributed by atoms with van der Waals surface area (Å²) in [5, 5.41) is 1.79. The highest BCUT2D eigenvalue weighted by Gasteiger charge is 2.58. The van der Waals surface area contributed by atoms with E-state index in [0.29, 0.717) is 12.0 Å². The Hall–Kier alpha value is -4.16. The van der Waals surface area contributed by atoms with Gasteiger partial charge in [0.1, 0.15) is 17.2 Å². The lowest BCUT2D eigenvalue weighted by molar-refractivity contribution is -0.105. The van der Waals surface area contributed by atoms with Gasteiger partial charge in [-0.05, 0) is 73.5 Å². The van der Waals surface area contributed by atoms with Crippen molar-refractivity contribution in [1.82, 2.24) is 0 Å². The Morgan fingerprint density at radius 1 is 0.976 bits per heavy atom. The van der Waals surface area contributed by atoms with Crippen molar-refractivity contribution in [3.05, 3.63) is 95.6 Å². The second-order valence-corrected chi connectivity index (χ2v) is 11.7. The largest absolute Gasteiger partial charge is 0.465 e. The summed E-state index contributed by atoms with van der Waals surface area (Å²) >= 11 is 0. The average Bonchev–Trinajstić information content (AvgIpc) is 3.16. The Morgan fingerprint density at radius 2 is 1.80 bits per heavy atom. The van der Waals surface area contributed by atoms with E-state index >= 15 is 0 Å². The van der Waals surface area contributed by atoms with Gasteiger partial charge in [0.05, 0.1) is 18.2 Å². The summed E-state index contributed by atoms with van der Waals surface area (Å²) in [6.07, 6.45) is 5.16. The number of hydrogen-bond acceptors (Lipinski definition) is 6. The Balaban J connectivity index is 1.15. The number of rotatable bonds is 5. The molecule has 0 bridgehead atoms. The number of ether oxygens (including phenoxy) is 3. The third-order valence-corrected chi connectivity index (χ3v) is 8.96. The van der Waals surface area contributed by atoms with E-state index in [4.69, 9.17) is 19.2 Å². The molecule has 4 aromatic rings. The minimum atomic E-state index is -0.746. The number of benzene rings is 4. The molecule has 0 amide bonds. The van der Waals surface area contributed by atoms with E-state index in [9.17, 15) is 4.79 Å². The number of aliphatic imine (C=N–C) groups is 1. The van der Waals surface area contributed by atoms with E-state index in [-0.39, 0.29) is 17.5 Å². The summed E-state index contributed by atoms with van der Waals surface area (Å²) in [5.41, 5.74) is 3.68. The van der Waals surface area contributed by atoms with Gasteiger partial charge in [-0.2, -0.15) is 0 Å². The second-order valence-electron chi connectivity index (χ2n) is 11.7. The maximum absolute atomic E-state index is 13.5. The van der Waals surface area contributed by atoms with Gasteiger partial charge >= 0.3 is 0 Å². The molecule has 2 unspecified atom stereocenters. The molecule has 4 aromatic carbocycles. The second kappa shape index (κ2) is 9.74. The molecule has 208 valence electrons. The monoisotopic (exact) mass is 546 g/mol. The van der Waals surface area contributed by atoms with Crippen molar-refractivity contribution in [2.45, 2.75) is 57.0 Å². The Bertz CT molecular complexity index is 1670. The van der Waals surface area contributed by atoms with Gasteiger partial charge in [-0.25, -0.2) is 0 Å². The first-order valence-electron chi connectivity index (χ1n) is 14.4. The van der Waals surface area contributed by atoms with Crippen LogP contribution in [0.5, 0.6) is 11.5 Å². The number of anilines is 1. The van der Waals surface area contributed by atoms with Gasteiger partial charge in [-0.1, -0.05) is 48.5 Å². The third-order valence-electron chi connectivity index (χ3n) is 8.96. The quantitative estimate of drug-likeness (QED) is 0.244. The number of likely N-dealkylation sites (N-methyl/N-ethyl adjacent to an activating group) is 1. The van der Waals surface area contributed by atoms with Crippen LogP contribution in [-0.4, -0.2) is 37.7 Å². The van der Waals surface area contributed by atoms with Crippen molar-refractivity contribution >= 4 is 34.1 Å². The summed E-state index contributed by atoms with van der Waals surface area (Å²) in [6.45, 7) is 5.15. The van der Waals surface area contributed by atoms with Crippen LogP contribution in [0.1, 0.15) is 54.6 Å². The van der Waals surface area contributed by atoms with Crippen molar-refractivity contribution in [1.29, 1.82) is 0 Å². The van der Waals surface area contributed by atoms with Crippen LogP contribution in [0, 0.1) is 0 Å². The van der Waals surface area contributed by atoms with Crippen molar-refractivity contribution < 1.29 is 19.0 Å². The standard InChI is InChI=1S/C35H34N2O4/c1-34(2)28-11-4-5-12-29(28)37(3)35(34)22-36-33-27-10-8-9-26(25(27)18-19-31(33)41-35)30(38)21-23-14-16-24(17-15-23)40-32-13-6-7-20-39-32/h4-5,8-12,14-19,22,32H,6-7,13,20-21H2,1-3H3. The van der Waals surface area contributed by atoms with Crippen LogP contribution < -0.4 is 14.4 Å². The van der Waals surface area contributed by atoms with Gasteiger partial charge in [-0.15, -0.1) is 0 Å². The number of nitrogens with zero attached hydrogens (tertiary/aromatic N) is 2. The van der Waals surface area contributed by atoms with Crippen LogP contribution in [0.3, 0.4) is 0 Å². The van der Waals surface area contributed by atoms with E-state index in [1.807, 2.05) is 60.8 Å². The minimum Gasteiger partial charge on any atom is -0.465 e. The number of para-hydroxylation sites is 1. The summed E-state index contributed by atoms with van der Waals surface area (Å²) < 4.78 is 18.5. The van der Waals surface area contributed by atoms with Gasteiger partial charge in [-0.3, -0.25) is 9.79 Å². The number of fused-ring (bicyclic) bond motifs is 4. The highest BCUT2D eigenvalue weighted by atomic mass is 16.7. The lowest BCUT2D eigenvalue weighted by Gasteiger charge is -2.45. The number of Topliss-reactive ketones (excluding diaryl/α,β-unsaturated/α-hetero) is 1. The number of hydrogen-bond donors (Lipinski definition) is 0. The molecule has 0 aromatic heterocycles. The van der Waals surface area contributed by atoms with E-state index in [1.165, 1.54) is 5.56 Å². The average molecular weight is 547 g/mol. The predicted octanol–water partition coefficient (Wildman–Crippen LogP) is 7.39. The molecule has 0 radical (unpaired) electrons. The molecular weight excluding hydrogens is 512 g/mol. The Morgan fingerprint density at radius 3 is 2.59 bits per heavy atom. The van der Waals surface area contributed by atoms with E-state index in [2.05, 4.69) is 50.1 Å². The molecule has 41 heavy (non-hydrogen) atoms. The molecule has 3 aliphatic rings. The summed E-state index contributed by atoms with van der Waals surface area (Å²) in [6, 6.07) is 26.0. The lowest BCUT2D eigenvalue weighted by Crippen LogP contribution is -2.61. The van der Waals surface area contributed by atoms with E-state index in [0.717, 1.165) is 65.1 Å². The summed E-state index contributed by atoms with van der Waals surface area (Å²) in [5.74, 6) is 1.54. The Labute approximate surface area is 240 Å². The molecule has 0 N–H and O–H groups in total. The summed E-state index contributed by atoms with van der Waals surface area (Å²) in [7, 11) is 2.06. The molecule has 0 saturated carbocycles. The van der Waals surface area contributed by atoms with Crippen molar-refractivity contribution in [3.8, 4) is 11.5 Å². The predicted molar refractivity (Wildman–Crippen MR) is 162 cm³/mol. The maximum Gasteiger partial charge on any atom is 0.228 e. The molecule has 3 heterocycles. The highest BCUT2D eigenvalue weighted by molar-refractivity contribution is 6.12. The topological polar surface area (TPSA) is 60.4 Å². The van der Waals surface area contributed by atoms with Crippen LogP contribution >= 0.6 is 0 Å². The van der Waals surface area contributed by atoms with Crippen LogP contribution in [0.15, 0.2) is 83.9 Å². The molecule has 1 saturated heterocycles. The number of ketones is 1. The van der Waals surface area contributed by atoms with E-state index in [1.54, 1.807) is 0 Å². The zero-order chi connectivity index (χ0) is 28.2. The SMILES string of the molecule is CN1c2ccccc2C(C)(C)C12C=Nc1c(ccc3c(C(=O)Cc4ccc(OC5CCCCO5)cc4)cccc13)O2. The molecular formula is C35H34N2O4. The van der Waals surface area contributed by atoms with Crippen LogP contribution in [0.2, 0.25) is 0 Å². The van der Waals surface area contributed by atoms with E-state index < -0.39 is 5.72 Å². The van der Waals surface area contributed by atoms with Gasteiger partial charge in [0.15, 0.2) is 12.1 Å².